The van der Waals surface area contributed by atoms with Crippen LogP contribution >= 0.6 is 11.6 Å². The average molecular weight is 326 g/mol. The molecule has 1 aromatic heterocycles. The fraction of sp³-hybridized carbons (Fsp3) is 0.111. The minimum Gasteiger partial charge on any atom is -0.359 e. The first kappa shape index (κ1) is 15.3. The van der Waals surface area contributed by atoms with Crippen LogP contribution in [0.1, 0.15) is 5.56 Å². The first-order valence-corrected chi connectivity index (χ1v) is 7.65. The molecule has 1 heterocycles. The van der Waals surface area contributed by atoms with Crippen molar-refractivity contribution in [3.63, 3.8) is 0 Å². The minimum absolute atomic E-state index is 0.0483. The Hall–Kier alpha value is -2.59. The largest absolute Gasteiger partial charge is 0.359 e. The van der Waals surface area contributed by atoms with Gasteiger partial charge in [0, 0.05) is 29.4 Å². The van der Waals surface area contributed by atoms with Crippen molar-refractivity contribution in [1.29, 1.82) is 0 Å². The number of benzene rings is 2. The van der Waals surface area contributed by atoms with Gasteiger partial charge in [-0.1, -0.05) is 41.9 Å². The third kappa shape index (κ3) is 3.43. The van der Waals surface area contributed by atoms with Gasteiger partial charge in [-0.3, -0.25) is 4.79 Å². The summed E-state index contributed by atoms with van der Waals surface area (Å²) in [6.07, 6.45) is 2.18. The summed E-state index contributed by atoms with van der Waals surface area (Å²) in [6, 6.07) is 17.3. The third-order valence-corrected chi connectivity index (χ3v) is 3.81. The number of aromatic nitrogens is 2. The maximum atomic E-state index is 11.8. The van der Waals surface area contributed by atoms with E-state index in [0.29, 0.717) is 5.02 Å². The molecule has 0 saturated carbocycles. The summed E-state index contributed by atoms with van der Waals surface area (Å²) in [7, 11) is 1.63. The van der Waals surface area contributed by atoms with Crippen molar-refractivity contribution >= 4 is 17.5 Å². The summed E-state index contributed by atoms with van der Waals surface area (Å²) in [5, 5.41) is 7.98. The molecular weight excluding hydrogens is 310 g/mol. The van der Waals surface area contributed by atoms with Crippen molar-refractivity contribution in [3.8, 4) is 16.9 Å². The zero-order valence-corrected chi connectivity index (χ0v) is 13.4. The lowest BCUT2D eigenvalue weighted by atomic mass is 10.1. The van der Waals surface area contributed by atoms with Gasteiger partial charge < -0.3 is 5.32 Å². The van der Waals surface area contributed by atoms with Crippen molar-refractivity contribution in [2.75, 3.05) is 7.05 Å². The fourth-order valence-electron chi connectivity index (χ4n) is 2.36. The van der Waals surface area contributed by atoms with Crippen molar-refractivity contribution in [3.05, 3.63) is 71.4 Å². The van der Waals surface area contributed by atoms with Crippen LogP contribution in [0.2, 0.25) is 5.02 Å². The Morgan fingerprint density at radius 3 is 2.48 bits per heavy atom. The Kier molecular flexibility index (Phi) is 4.44. The second kappa shape index (κ2) is 6.67. The van der Waals surface area contributed by atoms with Crippen LogP contribution in [0.5, 0.6) is 0 Å². The van der Waals surface area contributed by atoms with Gasteiger partial charge in [-0.05, 0) is 24.3 Å². The van der Waals surface area contributed by atoms with Gasteiger partial charge in [0.15, 0.2) is 0 Å². The molecule has 0 aliphatic carbocycles. The standard InChI is InChI=1S/C18H16ClN3O/c1-20-17(23)11-14-12-22(16-5-3-2-4-6-16)21-18(14)13-7-9-15(19)10-8-13/h2-10,12H,11H2,1H3,(H,20,23). The van der Waals surface area contributed by atoms with E-state index in [1.165, 1.54) is 0 Å². The molecule has 0 fully saturated rings. The van der Waals surface area contributed by atoms with E-state index in [-0.39, 0.29) is 12.3 Å². The number of hydrogen-bond acceptors (Lipinski definition) is 2. The average Bonchev–Trinajstić information content (AvgIpc) is 3.00. The van der Waals surface area contributed by atoms with E-state index in [1.54, 1.807) is 11.7 Å². The SMILES string of the molecule is CNC(=O)Cc1cn(-c2ccccc2)nc1-c1ccc(Cl)cc1. The Morgan fingerprint density at radius 2 is 1.83 bits per heavy atom. The molecule has 1 amide bonds. The van der Waals surface area contributed by atoms with Crippen molar-refractivity contribution in [2.45, 2.75) is 6.42 Å². The van der Waals surface area contributed by atoms with Crippen molar-refractivity contribution in [2.24, 2.45) is 0 Å². The van der Waals surface area contributed by atoms with Gasteiger partial charge in [0.05, 0.1) is 17.8 Å². The van der Waals surface area contributed by atoms with E-state index < -0.39 is 0 Å². The first-order valence-electron chi connectivity index (χ1n) is 7.28. The van der Waals surface area contributed by atoms with E-state index in [9.17, 15) is 4.79 Å². The van der Waals surface area contributed by atoms with Gasteiger partial charge in [-0.15, -0.1) is 0 Å². The topological polar surface area (TPSA) is 46.9 Å². The molecule has 0 spiro atoms. The van der Waals surface area contributed by atoms with Crippen molar-refractivity contribution < 1.29 is 4.79 Å². The first-order chi connectivity index (χ1) is 11.2. The van der Waals surface area contributed by atoms with E-state index >= 15 is 0 Å². The number of halogens is 1. The molecule has 0 aliphatic rings. The summed E-state index contributed by atoms with van der Waals surface area (Å²) < 4.78 is 1.79. The summed E-state index contributed by atoms with van der Waals surface area (Å²) >= 11 is 5.96. The quantitative estimate of drug-likeness (QED) is 0.798. The second-order valence-electron chi connectivity index (χ2n) is 5.14. The maximum absolute atomic E-state index is 11.8. The van der Waals surface area contributed by atoms with Crippen LogP contribution in [0, 0.1) is 0 Å². The zero-order valence-electron chi connectivity index (χ0n) is 12.7. The molecule has 1 N–H and O–H groups in total. The number of carbonyl (C=O) groups excluding carboxylic acids is 1. The minimum atomic E-state index is -0.0483. The summed E-state index contributed by atoms with van der Waals surface area (Å²) in [5.41, 5.74) is 3.54. The van der Waals surface area contributed by atoms with E-state index in [4.69, 9.17) is 11.6 Å². The fourth-order valence-corrected chi connectivity index (χ4v) is 2.49. The van der Waals surface area contributed by atoms with Gasteiger partial charge in [0.1, 0.15) is 0 Å². The van der Waals surface area contributed by atoms with Crippen LogP contribution in [0.4, 0.5) is 0 Å². The normalized spacial score (nSPS) is 10.5. The Labute approximate surface area is 139 Å². The molecule has 116 valence electrons. The number of likely N-dealkylation sites (N-methyl/N-ethyl adjacent to an activating group) is 1. The third-order valence-electron chi connectivity index (χ3n) is 3.56. The number of rotatable bonds is 4. The molecule has 23 heavy (non-hydrogen) atoms. The molecule has 4 nitrogen and oxygen atoms in total. The lowest BCUT2D eigenvalue weighted by Gasteiger charge is -2.02. The van der Waals surface area contributed by atoms with E-state index in [0.717, 1.165) is 22.5 Å². The van der Waals surface area contributed by atoms with Crippen LogP contribution in [0.3, 0.4) is 0 Å². The summed E-state index contributed by atoms with van der Waals surface area (Å²) in [5.74, 6) is -0.0483. The molecule has 5 heteroatoms. The highest BCUT2D eigenvalue weighted by Gasteiger charge is 2.14. The second-order valence-corrected chi connectivity index (χ2v) is 5.58. The molecule has 2 aromatic carbocycles. The van der Waals surface area contributed by atoms with Crippen LogP contribution in [-0.4, -0.2) is 22.7 Å². The molecular formula is C18H16ClN3O. The predicted octanol–water partition coefficient (Wildman–Crippen LogP) is 3.48. The molecule has 0 atom stereocenters. The monoisotopic (exact) mass is 325 g/mol. The molecule has 0 saturated heterocycles. The zero-order chi connectivity index (χ0) is 16.2. The van der Waals surface area contributed by atoms with E-state index in [2.05, 4.69) is 10.4 Å². The number of nitrogens with zero attached hydrogens (tertiary/aromatic N) is 2. The van der Waals surface area contributed by atoms with Crippen LogP contribution < -0.4 is 5.32 Å². The van der Waals surface area contributed by atoms with Crippen LogP contribution in [0.15, 0.2) is 60.8 Å². The molecule has 0 radical (unpaired) electrons. The van der Waals surface area contributed by atoms with Crippen LogP contribution in [0.25, 0.3) is 16.9 Å². The lowest BCUT2D eigenvalue weighted by Crippen LogP contribution is -2.20. The van der Waals surface area contributed by atoms with E-state index in [1.807, 2.05) is 60.8 Å². The molecule has 3 rings (SSSR count). The Balaban J connectivity index is 2.06. The predicted molar refractivity (Wildman–Crippen MR) is 91.8 cm³/mol. The highest BCUT2D eigenvalue weighted by atomic mass is 35.5. The molecule has 0 unspecified atom stereocenters. The molecule has 3 aromatic rings. The van der Waals surface area contributed by atoms with Gasteiger partial charge in [-0.25, -0.2) is 4.68 Å². The summed E-state index contributed by atoms with van der Waals surface area (Å²) in [4.78, 5) is 11.8. The van der Waals surface area contributed by atoms with Gasteiger partial charge in [0.25, 0.3) is 0 Å². The van der Waals surface area contributed by atoms with Crippen LogP contribution in [-0.2, 0) is 11.2 Å². The Bertz CT molecular complexity index is 810. The van der Waals surface area contributed by atoms with Gasteiger partial charge >= 0.3 is 0 Å². The lowest BCUT2D eigenvalue weighted by molar-refractivity contribution is -0.119. The maximum Gasteiger partial charge on any atom is 0.224 e. The number of nitrogens with one attached hydrogen (secondary N) is 1. The smallest absolute Gasteiger partial charge is 0.224 e. The molecule has 0 bridgehead atoms. The summed E-state index contributed by atoms with van der Waals surface area (Å²) in [6.45, 7) is 0. The highest BCUT2D eigenvalue weighted by Crippen LogP contribution is 2.25. The molecule has 0 aliphatic heterocycles. The number of hydrogen-bond donors (Lipinski definition) is 1. The van der Waals surface area contributed by atoms with Crippen molar-refractivity contribution in [1.82, 2.24) is 15.1 Å². The number of para-hydroxylation sites is 1. The Morgan fingerprint density at radius 1 is 1.13 bits per heavy atom. The number of carbonyl (C=O) groups is 1. The number of amides is 1. The van der Waals surface area contributed by atoms with Gasteiger partial charge in [0.2, 0.25) is 5.91 Å². The van der Waals surface area contributed by atoms with Gasteiger partial charge in [-0.2, -0.15) is 5.10 Å². The highest BCUT2D eigenvalue weighted by molar-refractivity contribution is 6.30.